The van der Waals surface area contributed by atoms with E-state index in [1.165, 1.54) is 27.6 Å². The Hall–Kier alpha value is -6.75. The number of amidine groups is 1. The largest absolute Gasteiger partial charge is 0.455 e. The molecule has 0 aliphatic carbocycles. The molecule has 0 amide bonds. The monoisotopic (exact) mass is 681 g/mol. The maximum Gasteiger partial charge on any atom is 0.143 e. The molecule has 0 fully saturated rings. The van der Waals surface area contributed by atoms with Crippen molar-refractivity contribution in [2.24, 2.45) is 4.99 Å². The lowest BCUT2D eigenvalue weighted by molar-refractivity contribution is 0.411. The standard InChI is InChI=1S/C49H35N3O/c1-4-14-32(15-5-1)33-24-26-36(27-25-33)48-50-47(35-18-8-3-9-19-35)51-49(52-48)42-29-28-41(40-23-13-12-22-39(40)34-16-6-2-7-17-34)46-45(42)43-30-37-20-10-11-21-38(37)31-44(43)53-46/h1-31,47,49,51H,(H,50,52). The fourth-order valence-electron chi connectivity index (χ4n) is 7.75. The number of fused-ring (bicyclic) bond motifs is 4. The highest BCUT2D eigenvalue weighted by Gasteiger charge is 2.29. The van der Waals surface area contributed by atoms with E-state index in [-0.39, 0.29) is 12.3 Å². The first-order chi connectivity index (χ1) is 26.3. The molecule has 1 aliphatic heterocycles. The highest BCUT2D eigenvalue weighted by molar-refractivity contribution is 6.15. The summed E-state index contributed by atoms with van der Waals surface area (Å²) >= 11 is 0. The predicted octanol–water partition coefficient (Wildman–Crippen LogP) is 12.1. The lowest BCUT2D eigenvalue weighted by atomic mass is 9.91. The number of benzene rings is 8. The van der Waals surface area contributed by atoms with Crippen molar-refractivity contribution in [3.8, 4) is 33.4 Å². The van der Waals surface area contributed by atoms with Gasteiger partial charge in [-0.25, -0.2) is 4.99 Å². The molecule has 252 valence electrons. The number of rotatable bonds is 6. The van der Waals surface area contributed by atoms with Gasteiger partial charge in [-0.15, -0.1) is 0 Å². The summed E-state index contributed by atoms with van der Waals surface area (Å²) in [5.74, 6) is 0.840. The molecule has 1 aromatic heterocycles. The van der Waals surface area contributed by atoms with Crippen LogP contribution in [0.5, 0.6) is 0 Å². The van der Waals surface area contributed by atoms with Crippen LogP contribution in [0.25, 0.3) is 66.1 Å². The minimum Gasteiger partial charge on any atom is -0.455 e. The molecule has 10 rings (SSSR count). The molecule has 2 heterocycles. The Morgan fingerprint density at radius 1 is 0.472 bits per heavy atom. The van der Waals surface area contributed by atoms with E-state index < -0.39 is 0 Å². The van der Waals surface area contributed by atoms with Crippen LogP contribution < -0.4 is 10.6 Å². The number of hydrogen-bond donors (Lipinski definition) is 2. The van der Waals surface area contributed by atoms with E-state index in [4.69, 9.17) is 9.41 Å². The van der Waals surface area contributed by atoms with Crippen molar-refractivity contribution in [1.82, 2.24) is 10.6 Å². The smallest absolute Gasteiger partial charge is 0.143 e. The van der Waals surface area contributed by atoms with Crippen LogP contribution in [0.1, 0.15) is 29.0 Å². The van der Waals surface area contributed by atoms with Crippen LogP contribution >= 0.6 is 0 Å². The molecular weight excluding hydrogens is 647 g/mol. The van der Waals surface area contributed by atoms with Crippen molar-refractivity contribution in [1.29, 1.82) is 0 Å². The summed E-state index contributed by atoms with van der Waals surface area (Å²) in [5.41, 5.74) is 11.9. The third-order valence-corrected chi connectivity index (χ3v) is 10.4. The van der Waals surface area contributed by atoms with Crippen molar-refractivity contribution in [2.75, 3.05) is 0 Å². The van der Waals surface area contributed by atoms with Gasteiger partial charge in [-0.2, -0.15) is 0 Å². The summed E-state index contributed by atoms with van der Waals surface area (Å²) < 4.78 is 6.96. The summed E-state index contributed by atoms with van der Waals surface area (Å²) in [6.07, 6.45) is -0.534. The average Bonchev–Trinajstić information content (AvgIpc) is 3.61. The van der Waals surface area contributed by atoms with Crippen LogP contribution in [0.15, 0.2) is 197 Å². The Morgan fingerprint density at radius 3 is 1.79 bits per heavy atom. The van der Waals surface area contributed by atoms with Gasteiger partial charge < -0.3 is 9.73 Å². The Kier molecular flexibility index (Phi) is 7.67. The number of nitrogens with one attached hydrogen (secondary N) is 2. The number of nitrogens with zero attached hydrogens (tertiary/aromatic N) is 1. The van der Waals surface area contributed by atoms with Gasteiger partial charge in [0.1, 0.15) is 29.3 Å². The first kappa shape index (κ1) is 31.0. The molecule has 2 unspecified atom stereocenters. The van der Waals surface area contributed by atoms with E-state index in [1.807, 2.05) is 12.1 Å². The second kappa shape index (κ2) is 13.1. The van der Waals surface area contributed by atoms with E-state index in [1.54, 1.807) is 0 Å². The first-order valence-corrected chi connectivity index (χ1v) is 18.1. The SMILES string of the molecule is c1ccc(-c2ccc(C3=NC(c4ccccc4)NC(c4ccc(-c5ccccc5-c5ccccc5)c5oc6cc7ccccc7cc6c45)N3)cc2)cc1. The molecular formula is C49H35N3O. The van der Waals surface area contributed by atoms with Crippen LogP contribution in [-0.4, -0.2) is 5.84 Å². The van der Waals surface area contributed by atoms with Gasteiger partial charge in [0, 0.05) is 27.5 Å². The third-order valence-electron chi connectivity index (χ3n) is 10.4. The van der Waals surface area contributed by atoms with Gasteiger partial charge in [-0.05, 0) is 56.3 Å². The van der Waals surface area contributed by atoms with E-state index in [0.717, 1.165) is 61.0 Å². The molecule has 8 aromatic carbocycles. The van der Waals surface area contributed by atoms with Crippen molar-refractivity contribution in [3.05, 3.63) is 205 Å². The zero-order chi connectivity index (χ0) is 35.1. The van der Waals surface area contributed by atoms with Crippen molar-refractivity contribution >= 4 is 38.5 Å². The first-order valence-electron chi connectivity index (χ1n) is 18.1. The van der Waals surface area contributed by atoms with Crippen molar-refractivity contribution in [2.45, 2.75) is 12.3 Å². The second-order valence-corrected chi connectivity index (χ2v) is 13.6. The van der Waals surface area contributed by atoms with Gasteiger partial charge in [0.15, 0.2) is 0 Å². The number of hydrogen-bond acceptors (Lipinski definition) is 4. The summed E-state index contributed by atoms with van der Waals surface area (Å²) in [7, 11) is 0. The Labute approximate surface area is 308 Å². The van der Waals surface area contributed by atoms with Gasteiger partial charge >= 0.3 is 0 Å². The van der Waals surface area contributed by atoms with Crippen LogP contribution in [-0.2, 0) is 0 Å². The fraction of sp³-hybridized carbons (Fsp3) is 0.0408. The molecule has 0 saturated heterocycles. The Morgan fingerprint density at radius 2 is 1.06 bits per heavy atom. The molecule has 2 atom stereocenters. The van der Waals surface area contributed by atoms with E-state index in [2.05, 4.69) is 187 Å². The number of furan rings is 1. The molecule has 9 aromatic rings. The van der Waals surface area contributed by atoms with E-state index in [0.29, 0.717) is 0 Å². The summed E-state index contributed by atoms with van der Waals surface area (Å²) in [4.78, 5) is 5.25. The highest BCUT2D eigenvalue weighted by atomic mass is 16.3. The van der Waals surface area contributed by atoms with Crippen molar-refractivity contribution < 1.29 is 4.42 Å². The normalized spacial score (nSPS) is 15.7. The minimum absolute atomic E-state index is 0.265. The van der Waals surface area contributed by atoms with E-state index in [9.17, 15) is 0 Å². The average molecular weight is 682 g/mol. The second-order valence-electron chi connectivity index (χ2n) is 13.6. The summed E-state index contributed by atoms with van der Waals surface area (Å²) in [6, 6.07) is 66.3. The molecule has 0 spiro atoms. The lowest BCUT2D eigenvalue weighted by Crippen LogP contribution is -2.45. The highest BCUT2D eigenvalue weighted by Crippen LogP contribution is 2.44. The molecule has 53 heavy (non-hydrogen) atoms. The number of aliphatic imine (C=N–C) groups is 1. The molecule has 0 bridgehead atoms. The Bertz CT molecular complexity index is 2770. The summed E-state index contributed by atoms with van der Waals surface area (Å²) in [6.45, 7) is 0. The van der Waals surface area contributed by atoms with Crippen LogP contribution in [0.2, 0.25) is 0 Å². The van der Waals surface area contributed by atoms with Gasteiger partial charge in [0.25, 0.3) is 0 Å². The van der Waals surface area contributed by atoms with Gasteiger partial charge in [-0.3, -0.25) is 5.32 Å². The van der Waals surface area contributed by atoms with Crippen molar-refractivity contribution in [3.63, 3.8) is 0 Å². The predicted molar refractivity (Wildman–Crippen MR) is 219 cm³/mol. The molecule has 2 N–H and O–H groups in total. The maximum atomic E-state index is 6.96. The molecule has 4 heteroatoms. The lowest BCUT2D eigenvalue weighted by Gasteiger charge is -2.32. The zero-order valence-corrected chi connectivity index (χ0v) is 28.9. The fourth-order valence-corrected chi connectivity index (χ4v) is 7.75. The maximum absolute atomic E-state index is 6.96. The Balaban J connectivity index is 1.16. The van der Waals surface area contributed by atoms with E-state index >= 15 is 0 Å². The molecule has 0 radical (unpaired) electrons. The van der Waals surface area contributed by atoms with Crippen LogP contribution in [0.4, 0.5) is 0 Å². The topological polar surface area (TPSA) is 49.6 Å². The minimum atomic E-state index is -0.269. The van der Waals surface area contributed by atoms with Gasteiger partial charge in [-0.1, -0.05) is 176 Å². The third kappa shape index (κ3) is 5.66. The van der Waals surface area contributed by atoms with Crippen LogP contribution in [0.3, 0.4) is 0 Å². The zero-order valence-electron chi connectivity index (χ0n) is 28.9. The van der Waals surface area contributed by atoms with Gasteiger partial charge in [0.2, 0.25) is 0 Å². The van der Waals surface area contributed by atoms with Gasteiger partial charge in [0.05, 0.1) is 0 Å². The molecule has 1 aliphatic rings. The quantitative estimate of drug-likeness (QED) is 0.184. The van der Waals surface area contributed by atoms with Crippen LogP contribution in [0, 0.1) is 0 Å². The molecule has 0 saturated carbocycles. The molecule has 4 nitrogen and oxygen atoms in total. The summed E-state index contributed by atoms with van der Waals surface area (Å²) in [5, 5.41) is 12.2.